The molecule has 3 aromatic rings. The van der Waals surface area contributed by atoms with Crippen molar-refractivity contribution in [3.05, 3.63) is 55.9 Å². The third-order valence-electron chi connectivity index (χ3n) is 6.12. The van der Waals surface area contributed by atoms with Crippen LogP contribution in [0, 0.1) is 0 Å². The normalized spacial score (nSPS) is 15.3. The number of anilines is 1. The molecule has 1 N–H and O–H groups in total. The Bertz CT molecular complexity index is 1270. The molecule has 7 nitrogen and oxygen atoms in total. The number of rotatable bonds is 3. The molecule has 0 saturated heterocycles. The number of nitrogens with one attached hydrogen (secondary N) is 1. The number of aromatic nitrogens is 2. The van der Waals surface area contributed by atoms with Crippen LogP contribution in [0.25, 0.3) is 10.9 Å². The van der Waals surface area contributed by atoms with Crippen molar-refractivity contribution in [1.29, 1.82) is 0 Å². The number of thiophene rings is 1. The fraction of sp³-hybridized carbons (Fsp3) is 0.391. The predicted octanol–water partition coefficient (Wildman–Crippen LogP) is 3.71. The van der Waals surface area contributed by atoms with E-state index in [2.05, 4.69) is 5.32 Å². The third-order valence-corrected chi connectivity index (χ3v) is 7.32. The Morgan fingerprint density at radius 2 is 2.00 bits per heavy atom. The number of aryl methyl sites for hydroxylation is 2. The van der Waals surface area contributed by atoms with Crippen molar-refractivity contribution in [1.82, 2.24) is 9.55 Å². The van der Waals surface area contributed by atoms with E-state index in [-0.39, 0.29) is 11.5 Å². The maximum atomic E-state index is 13.0. The molecule has 0 saturated carbocycles. The number of benzene rings is 1. The summed E-state index contributed by atoms with van der Waals surface area (Å²) in [6, 6.07) is 4.98. The second-order valence-corrected chi connectivity index (χ2v) is 9.14. The fourth-order valence-corrected chi connectivity index (χ4v) is 5.82. The predicted molar refractivity (Wildman–Crippen MR) is 119 cm³/mol. The van der Waals surface area contributed by atoms with Gasteiger partial charge < -0.3 is 10.1 Å². The molecule has 1 amide bonds. The molecule has 31 heavy (non-hydrogen) atoms. The maximum absolute atomic E-state index is 13.0. The number of nitrogens with zero attached hydrogens (tertiary/aromatic N) is 2. The summed E-state index contributed by atoms with van der Waals surface area (Å²) in [7, 11) is 1.35. The van der Waals surface area contributed by atoms with Gasteiger partial charge in [0.05, 0.1) is 23.6 Å². The van der Waals surface area contributed by atoms with Gasteiger partial charge in [0, 0.05) is 23.4 Å². The van der Waals surface area contributed by atoms with E-state index < -0.39 is 5.97 Å². The van der Waals surface area contributed by atoms with E-state index in [1.165, 1.54) is 18.4 Å². The number of esters is 1. The van der Waals surface area contributed by atoms with Crippen LogP contribution in [-0.2, 0) is 30.5 Å². The van der Waals surface area contributed by atoms with E-state index >= 15 is 0 Å². The second-order valence-electron chi connectivity index (χ2n) is 8.03. The molecule has 5 rings (SSSR count). The van der Waals surface area contributed by atoms with Gasteiger partial charge in [0.15, 0.2) is 0 Å². The van der Waals surface area contributed by atoms with Gasteiger partial charge in [0.1, 0.15) is 10.8 Å². The summed E-state index contributed by atoms with van der Waals surface area (Å²) in [6.45, 7) is 0.693. The van der Waals surface area contributed by atoms with Crippen molar-refractivity contribution in [2.45, 2.75) is 51.5 Å². The SMILES string of the molecule is COC(=O)c1c(NC(=O)c2ccc3c(=O)n4c(nc3c2)CCCCC4)sc2c1CCC2. The number of methoxy groups -OCH3 is 1. The number of hydrogen-bond acceptors (Lipinski definition) is 6. The smallest absolute Gasteiger partial charge is 0.341 e. The minimum Gasteiger partial charge on any atom is -0.465 e. The summed E-state index contributed by atoms with van der Waals surface area (Å²) < 4.78 is 6.72. The van der Waals surface area contributed by atoms with Gasteiger partial charge >= 0.3 is 5.97 Å². The van der Waals surface area contributed by atoms with Crippen LogP contribution in [0.1, 0.15) is 62.7 Å². The van der Waals surface area contributed by atoms with Crippen LogP contribution in [0.15, 0.2) is 23.0 Å². The van der Waals surface area contributed by atoms with Crippen LogP contribution in [0.3, 0.4) is 0 Å². The molecular weight excluding hydrogens is 414 g/mol. The first kappa shape index (κ1) is 19.9. The van der Waals surface area contributed by atoms with Crippen molar-refractivity contribution in [3.8, 4) is 0 Å². The first-order chi connectivity index (χ1) is 15.1. The highest BCUT2D eigenvalue weighted by atomic mass is 32.1. The molecule has 0 spiro atoms. The zero-order valence-electron chi connectivity index (χ0n) is 17.3. The van der Waals surface area contributed by atoms with Gasteiger partial charge in [-0.1, -0.05) is 6.42 Å². The Hall–Kier alpha value is -3.00. The van der Waals surface area contributed by atoms with E-state index in [1.807, 2.05) is 0 Å². The van der Waals surface area contributed by atoms with Crippen LogP contribution in [-0.4, -0.2) is 28.5 Å². The summed E-state index contributed by atoms with van der Waals surface area (Å²) in [5.41, 5.74) is 2.35. The zero-order valence-corrected chi connectivity index (χ0v) is 18.1. The van der Waals surface area contributed by atoms with Gasteiger partial charge in [0.2, 0.25) is 0 Å². The van der Waals surface area contributed by atoms with Gasteiger partial charge in [-0.05, 0) is 55.9 Å². The van der Waals surface area contributed by atoms with Crippen molar-refractivity contribution in [3.63, 3.8) is 0 Å². The largest absolute Gasteiger partial charge is 0.465 e. The standard InChI is InChI=1S/C23H23N3O4S/c1-30-23(29)19-15-6-5-7-17(15)31-21(19)25-20(27)13-9-10-14-16(12-13)24-18-8-3-2-4-11-26(18)22(14)28/h9-10,12H,2-8,11H2,1H3,(H,25,27). The molecule has 1 aliphatic carbocycles. The fourth-order valence-electron chi connectivity index (χ4n) is 4.55. The monoisotopic (exact) mass is 437 g/mol. The summed E-state index contributed by atoms with van der Waals surface area (Å²) in [4.78, 5) is 44.1. The molecule has 0 unspecified atom stereocenters. The van der Waals surface area contributed by atoms with Crippen molar-refractivity contribution in [2.24, 2.45) is 0 Å². The molecule has 0 fully saturated rings. The maximum Gasteiger partial charge on any atom is 0.341 e. The van der Waals surface area contributed by atoms with E-state index in [9.17, 15) is 14.4 Å². The molecule has 2 aliphatic rings. The summed E-state index contributed by atoms with van der Waals surface area (Å²) in [5, 5.41) is 3.94. The Balaban J connectivity index is 1.50. The highest BCUT2D eigenvalue weighted by Crippen LogP contribution is 2.39. The van der Waals surface area contributed by atoms with E-state index in [1.54, 1.807) is 22.8 Å². The third kappa shape index (κ3) is 3.44. The van der Waals surface area contributed by atoms with Crippen LogP contribution in [0.4, 0.5) is 5.00 Å². The van der Waals surface area contributed by atoms with Crippen molar-refractivity contribution in [2.75, 3.05) is 12.4 Å². The lowest BCUT2D eigenvalue weighted by molar-refractivity contribution is 0.0601. The zero-order chi connectivity index (χ0) is 21.5. The van der Waals surface area contributed by atoms with E-state index in [0.717, 1.165) is 61.2 Å². The Kier molecular flexibility index (Phi) is 5.09. The lowest BCUT2D eigenvalue weighted by Gasteiger charge is -2.11. The van der Waals surface area contributed by atoms with Crippen molar-refractivity contribution < 1.29 is 14.3 Å². The minimum absolute atomic E-state index is 0.0449. The van der Waals surface area contributed by atoms with Crippen LogP contribution >= 0.6 is 11.3 Å². The highest BCUT2D eigenvalue weighted by Gasteiger charge is 2.28. The Morgan fingerprint density at radius 1 is 1.13 bits per heavy atom. The molecule has 3 heterocycles. The van der Waals surface area contributed by atoms with Gasteiger partial charge in [-0.2, -0.15) is 0 Å². The van der Waals surface area contributed by atoms with Crippen LogP contribution in [0.2, 0.25) is 0 Å². The van der Waals surface area contributed by atoms with Gasteiger partial charge in [-0.15, -0.1) is 11.3 Å². The van der Waals surface area contributed by atoms with Crippen LogP contribution in [0.5, 0.6) is 0 Å². The number of carbonyl (C=O) groups is 2. The van der Waals surface area contributed by atoms with Gasteiger partial charge in [0.25, 0.3) is 11.5 Å². The summed E-state index contributed by atoms with van der Waals surface area (Å²) >= 11 is 1.44. The van der Waals surface area contributed by atoms with Crippen LogP contribution < -0.4 is 10.9 Å². The summed E-state index contributed by atoms with van der Waals surface area (Å²) in [5.74, 6) is 0.0321. The molecule has 2 aromatic heterocycles. The number of amides is 1. The van der Waals surface area contributed by atoms with Crippen molar-refractivity contribution >= 4 is 39.1 Å². The van der Waals surface area contributed by atoms with E-state index in [4.69, 9.17) is 9.72 Å². The molecule has 1 aliphatic heterocycles. The average molecular weight is 438 g/mol. The average Bonchev–Trinajstić information content (AvgIpc) is 3.26. The van der Waals surface area contributed by atoms with Gasteiger partial charge in [-0.25, -0.2) is 9.78 Å². The Morgan fingerprint density at radius 3 is 2.84 bits per heavy atom. The molecule has 0 radical (unpaired) electrons. The quantitative estimate of drug-likeness (QED) is 0.631. The topological polar surface area (TPSA) is 90.3 Å². The highest BCUT2D eigenvalue weighted by molar-refractivity contribution is 7.17. The number of fused-ring (bicyclic) bond motifs is 3. The first-order valence-electron chi connectivity index (χ1n) is 10.6. The first-order valence-corrected chi connectivity index (χ1v) is 11.5. The minimum atomic E-state index is -0.425. The molecule has 0 bridgehead atoms. The number of carbonyl (C=O) groups excluding carboxylic acids is 2. The molecule has 160 valence electrons. The molecule has 8 heteroatoms. The number of hydrogen-bond donors (Lipinski definition) is 1. The molecular formula is C23H23N3O4S. The lowest BCUT2D eigenvalue weighted by atomic mass is 10.1. The number of ether oxygens (including phenoxy) is 1. The Labute approximate surface area is 183 Å². The second kappa shape index (κ2) is 7.92. The lowest BCUT2D eigenvalue weighted by Crippen LogP contribution is -2.24. The summed E-state index contributed by atoms with van der Waals surface area (Å²) in [6.07, 6.45) is 6.59. The van der Waals surface area contributed by atoms with Gasteiger partial charge in [-0.3, -0.25) is 14.2 Å². The van der Waals surface area contributed by atoms with E-state index in [0.29, 0.717) is 33.6 Å². The molecule has 1 aromatic carbocycles. The molecule has 0 atom stereocenters.